The van der Waals surface area contributed by atoms with Gasteiger partial charge in [0.2, 0.25) is 0 Å². The molecule has 0 atom stereocenters. The maximum Gasteiger partial charge on any atom is 0.272 e. The van der Waals surface area contributed by atoms with E-state index in [4.69, 9.17) is 5.73 Å². The van der Waals surface area contributed by atoms with Gasteiger partial charge in [-0.05, 0) is 49.7 Å². The standard InChI is InChI=1S/C7H6FNO2.C7H8FN/c1-5-4-6(8)2-3-7(5)9(10)11;1-5-4-6(8)2-3-7(5)9/h2-4H,1H3;2-4H,9H2,1H3. The van der Waals surface area contributed by atoms with Crippen molar-refractivity contribution in [3.05, 3.63) is 69.3 Å². The molecule has 2 rings (SSSR count). The van der Waals surface area contributed by atoms with Gasteiger partial charge in [0.1, 0.15) is 11.6 Å². The van der Waals surface area contributed by atoms with Gasteiger partial charge in [0.05, 0.1) is 4.92 Å². The number of nitrogens with two attached hydrogens (primary N) is 1. The Morgan fingerprint density at radius 3 is 1.90 bits per heavy atom. The average molecular weight is 280 g/mol. The van der Waals surface area contributed by atoms with Crippen LogP contribution in [0.5, 0.6) is 0 Å². The van der Waals surface area contributed by atoms with Crippen LogP contribution >= 0.6 is 0 Å². The van der Waals surface area contributed by atoms with E-state index in [9.17, 15) is 18.9 Å². The van der Waals surface area contributed by atoms with Crippen LogP contribution in [0.3, 0.4) is 0 Å². The largest absolute Gasteiger partial charge is 0.399 e. The minimum atomic E-state index is -0.533. The summed E-state index contributed by atoms with van der Waals surface area (Å²) in [6.07, 6.45) is 0. The molecule has 20 heavy (non-hydrogen) atoms. The summed E-state index contributed by atoms with van der Waals surface area (Å²) in [6, 6.07) is 7.69. The summed E-state index contributed by atoms with van der Waals surface area (Å²) < 4.78 is 24.7. The van der Waals surface area contributed by atoms with Gasteiger partial charge in [-0.3, -0.25) is 10.1 Å². The molecule has 0 spiro atoms. The maximum atomic E-state index is 12.4. The molecule has 2 N–H and O–H groups in total. The number of nitro benzene ring substituents is 1. The summed E-state index contributed by atoms with van der Waals surface area (Å²) in [5.74, 6) is -0.685. The van der Waals surface area contributed by atoms with E-state index in [-0.39, 0.29) is 11.5 Å². The number of hydrogen-bond donors (Lipinski definition) is 1. The van der Waals surface area contributed by atoms with Crippen molar-refractivity contribution < 1.29 is 13.7 Å². The minimum absolute atomic E-state index is 0.0496. The van der Waals surface area contributed by atoms with Crippen molar-refractivity contribution in [2.24, 2.45) is 0 Å². The Morgan fingerprint density at radius 2 is 1.50 bits per heavy atom. The Labute approximate surface area is 115 Å². The molecule has 0 radical (unpaired) electrons. The molecule has 0 unspecified atom stereocenters. The summed E-state index contributed by atoms with van der Waals surface area (Å²) in [6.45, 7) is 3.28. The molecule has 0 fully saturated rings. The average Bonchev–Trinajstić information content (AvgIpc) is 2.34. The Hall–Kier alpha value is -2.50. The molecule has 0 saturated carbocycles. The normalized spacial score (nSPS) is 9.60. The fourth-order valence-corrected chi connectivity index (χ4v) is 1.46. The van der Waals surface area contributed by atoms with Crippen LogP contribution in [0, 0.1) is 35.6 Å². The van der Waals surface area contributed by atoms with Crippen molar-refractivity contribution in [1.82, 2.24) is 0 Å². The van der Waals surface area contributed by atoms with Crippen molar-refractivity contribution in [1.29, 1.82) is 0 Å². The number of benzene rings is 2. The quantitative estimate of drug-likeness (QED) is 0.491. The van der Waals surface area contributed by atoms with E-state index in [1.807, 2.05) is 0 Å². The summed E-state index contributed by atoms with van der Waals surface area (Å²) >= 11 is 0. The van der Waals surface area contributed by atoms with Crippen LogP contribution < -0.4 is 5.73 Å². The van der Waals surface area contributed by atoms with Gasteiger partial charge in [-0.1, -0.05) is 0 Å². The molecule has 0 saturated heterocycles. The summed E-state index contributed by atoms with van der Waals surface area (Å²) in [5.41, 5.74) is 7.14. The highest BCUT2D eigenvalue weighted by Crippen LogP contribution is 2.17. The lowest BCUT2D eigenvalue weighted by molar-refractivity contribution is -0.385. The fourth-order valence-electron chi connectivity index (χ4n) is 1.46. The van der Waals surface area contributed by atoms with E-state index in [1.54, 1.807) is 13.0 Å². The van der Waals surface area contributed by atoms with Gasteiger partial charge in [0.25, 0.3) is 5.69 Å². The van der Waals surface area contributed by atoms with Crippen molar-refractivity contribution in [3.63, 3.8) is 0 Å². The van der Waals surface area contributed by atoms with Gasteiger partial charge in [-0.2, -0.15) is 0 Å². The Bertz CT molecular complexity index is 631. The third kappa shape index (κ3) is 4.31. The molecule has 0 aliphatic carbocycles. The predicted molar refractivity (Wildman–Crippen MR) is 73.3 cm³/mol. The lowest BCUT2D eigenvalue weighted by Gasteiger charge is -1.96. The van der Waals surface area contributed by atoms with Gasteiger partial charge in [-0.25, -0.2) is 8.78 Å². The molecule has 0 heterocycles. The summed E-state index contributed by atoms with van der Waals surface area (Å²) in [5, 5.41) is 10.2. The van der Waals surface area contributed by atoms with Gasteiger partial charge in [0, 0.05) is 17.3 Å². The summed E-state index contributed by atoms with van der Waals surface area (Å²) in [4.78, 5) is 9.68. The summed E-state index contributed by atoms with van der Waals surface area (Å²) in [7, 11) is 0. The van der Waals surface area contributed by atoms with Gasteiger partial charge in [-0.15, -0.1) is 0 Å². The van der Waals surface area contributed by atoms with E-state index < -0.39 is 10.7 Å². The first kappa shape index (κ1) is 15.6. The lowest BCUT2D eigenvalue weighted by atomic mass is 10.2. The van der Waals surface area contributed by atoms with Crippen molar-refractivity contribution >= 4 is 11.4 Å². The Kier molecular flexibility index (Phi) is 5.14. The number of nitrogens with zero attached hydrogens (tertiary/aromatic N) is 1. The fraction of sp³-hybridized carbons (Fsp3) is 0.143. The molecule has 2 aromatic rings. The molecule has 0 aliphatic rings. The first-order valence-corrected chi connectivity index (χ1v) is 5.73. The number of nitro groups is 1. The van der Waals surface area contributed by atoms with Gasteiger partial charge < -0.3 is 5.73 Å². The molecular formula is C14H14F2N2O2. The number of rotatable bonds is 1. The third-order valence-electron chi connectivity index (χ3n) is 2.59. The highest BCUT2D eigenvalue weighted by atomic mass is 19.1. The van der Waals surface area contributed by atoms with E-state index >= 15 is 0 Å². The van der Waals surface area contributed by atoms with Crippen LogP contribution in [-0.4, -0.2) is 4.92 Å². The zero-order valence-corrected chi connectivity index (χ0v) is 11.1. The predicted octanol–water partition coefficient (Wildman–Crippen LogP) is 3.76. The van der Waals surface area contributed by atoms with Crippen LogP contribution in [0.15, 0.2) is 36.4 Å². The molecule has 2 aromatic carbocycles. The van der Waals surface area contributed by atoms with Crippen LogP contribution in [0.4, 0.5) is 20.2 Å². The Balaban J connectivity index is 0.000000204. The molecule has 0 bridgehead atoms. The maximum absolute atomic E-state index is 12.4. The van der Waals surface area contributed by atoms with Crippen molar-refractivity contribution in [2.75, 3.05) is 5.73 Å². The second kappa shape index (κ2) is 6.60. The van der Waals surface area contributed by atoms with E-state index in [1.165, 1.54) is 19.1 Å². The second-order valence-corrected chi connectivity index (χ2v) is 4.19. The number of aryl methyl sites for hydroxylation is 2. The smallest absolute Gasteiger partial charge is 0.272 e. The first-order chi connectivity index (χ1) is 9.31. The molecule has 4 nitrogen and oxygen atoms in total. The van der Waals surface area contributed by atoms with E-state index in [0.29, 0.717) is 11.3 Å². The monoisotopic (exact) mass is 280 g/mol. The zero-order chi connectivity index (χ0) is 15.3. The first-order valence-electron chi connectivity index (χ1n) is 5.73. The zero-order valence-electron chi connectivity index (χ0n) is 11.1. The van der Waals surface area contributed by atoms with E-state index in [0.717, 1.165) is 23.8 Å². The van der Waals surface area contributed by atoms with Crippen LogP contribution in [0.1, 0.15) is 11.1 Å². The van der Waals surface area contributed by atoms with Crippen LogP contribution in [-0.2, 0) is 0 Å². The SMILES string of the molecule is Cc1cc(F)ccc1N.Cc1cc(F)ccc1[N+](=O)[O-]. The molecule has 0 aromatic heterocycles. The number of anilines is 1. The molecular weight excluding hydrogens is 266 g/mol. The topological polar surface area (TPSA) is 69.2 Å². The van der Waals surface area contributed by atoms with Gasteiger partial charge >= 0.3 is 0 Å². The van der Waals surface area contributed by atoms with Gasteiger partial charge in [0.15, 0.2) is 0 Å². The minimum Gasteiger partial charge on any atom is -0.399 e. The number of hydrogen-bond acceptors (Lipinski definition) is 3. The molecule has 0 amide bonds. The number of nitrogen functional groups attached to an aromatic ring is 1. The molecule has 0 aliphatic heterocycles. The van der Waals surface area contributed by atoms with Crippen molar-refractivity contribution in [3.8, 4) is 0 Å². The van der Waals surface area contributed by atoms with E-state index in [2.05, 4.69) is 0 Å². The highest BCUT2D eigenvalue weighted by Gasteiger charge is 2.09. The molecule has 106 valence electrons. The van der Waals surface area contributed by atoms with Crippen LogP contribution in [0.25, 0.3) is 0 Å². The Morgan fingerprint density at radius 1 is 1.00 bits per heavy atom. The van der Waals surface area contributed by atoms with Crippen molar-refractivity contribution in [2.45, 2.75) is 13.8 Å². The second-order valence-electron chi connectivity index (χ2n) is 4.19. The highest BCUT2D eigenvalue weighted by molar-refractivity contribution is 5.45. The third-order valence-corrected chi connectivity index (χ3v) is 2.59. The molecule has 6 heteroatoms. The number of halogens is 2. The van der Waals surface area contributed by atoms with Crippen LogP contribution in [0.2, 0.25) is 0 Å². The lowest BCUT2D eigenvalue weighted by Crippen LogP contribution is -1.91.